The monoisotopic (exact) mass is 395 g/mol. The molecule has 1 aromatic carbocycles. The number of nitrogens with one attached hydrogen (secondary N) is 2. The van der Waals surface area contributed by atoms with Crippen LogP contribution in [0.25, 0.3) is 0 Å². The molecule has 0 saturated carbocycles. The fourth-order valence-corrected chi connectivity index (χ4v) is 1.64. The zero-order valence-electron chi connectivity index (χ0n) is 12.1. The van der Waals surface area contributed by atoms with Gasteiger partial charge in [-0.3, -0.25) is 0 Å². The summed E-state index contributed by atoms with van der Waals surface area (Å²) in [6.45, 7) is 7.33. The van der Waals surface area contributed by atoms with Crippen LogP contribution in [0.3, 0.4) is 0 Å². The second kappa shape index (κ2) is 9.12. The third-order valence-corrected chi connectivity index (χ3v) is 2.70. The van der Waals surface area contributed by atoms with Crippen LogP contribution in [0, 0.1) is 5.82 Å². The summed E-state index contributed by atoms with van der Waals surface area (Å²) in [5, 5.41) is 16.5. The van der Waals surface area contributed by atoms with E-state index in [2.05, 4.69) is 15.6 Å². The van der Waals surface area contributed by atoms with E-state index < -0.39 is 5.60 Å². The Morgan fingerprint density at radius 2 is 1.70 bits per heavy atom. The highest BCUT2D eigenvalue weighted by Crippen LogP contribution is 2.21. The zero-order valence-corrected chi connectivity index (χ0v) is 14.4. The van der Waals surface area contributed by atoms with E-state index in [1.54, 1.807) is 19.1 Å². The van der Waals surface area contributed by atoms with Crippen LogP contribution < -0.4 is 10.6 Å². The van der Waals surface area contributed by atoms with Gasteiger partial charge in [-0.25, -0.2) is 9.38 Å². The largest absolute Gasteiger partial charge is 0.384 e. The van der Waals surface area contributed by atoms with Crippen LogP contribution in [0.5, 0.6) is 0 Å². The highest BCUT2D eigenvalue weighted by atomic mass is 127. The second-order valence-corrected chi connectivity index (χ2v) is 4.51. The van der Waals surface area contributed by atoms with Gasteiger partial charge in [-0.1, -0.05) is 12.1 Å². The first kappa shape index (κ1) is 19.1. The predicted octanol–water partition coefficient (Wildman–Crippen LogP) is 2.23. The van der Waals surface area contributed by atoms with Gasteiger partial charge < -0.3 is 15.7 Å². The molecule has 0 radical (unpaired) electrons. The van der Waals surface area contributed by atoms with E-state index in [0.717, 1.165) is 13.1 Å². The minimum Gasteiger partial charge on any atom is -0.384 e. The Bertz CT molecular complexity index is 413. The number of aliphatic imine (C=N–C) groups is 1. The highest BCUT2D eigenvalue weighted by molar-refractivity contribution is 14.0. The fraction of sp³-hybridized carbons (Fsp3) is 0.500. The van der Waals surface area contributed by atoms with Gasteiger partial charge in [0.1, 0.15) is 11.4 Å². The van der Waals surface area contributed by atoms with Crippen molar-refractivity contribution in [2.24, 2.45) is 4.99 Å². The molecule has 1 rings (SSSR count). The third-order valence-electron chi connectivity index (χ3n) is 2.70. The summed E-state index contributed by atoms with van der Waals surface area (Å²) >= 11 is 0. The second-order valence-electron chi connectivity index (χ2n) is 4.51. The summed E-state index contributed by atoms with van der Waals surface area (Å²) in [5.41, 5.74) is -0.478. The van der Waals surface area contributed by atoms with Crippen molar-refractivity contribution in [2.45, 2.75) is 26.4 Å². The van der Waals surface area contributed by atoms with Crippen molar-refractivity contribution in [2.75, 3.05) is 19.6 Å². The number of halogens is 2. The third kappa shape index (κ3) is 6.04. The minimum absolute atomic E-state index is 0. The molecular formula is C14H23FIN3O. The lowest BCUT2D eigenvalue weighted by atomic mass is 9.96. The molecule has 1 aromatic rings. The SMILES string of the molecule is CCNC(=NCC(C)(O)c1ccc(F)cc1)NCC.I. The maximum atomic E-state index is 12.9. The Kier molecular flexibility index (Phi) is 8.71. The highest BCUT2D eigenvalue weighted by Gasteiger charge is 2.22. The van der Waals surface area contributed by atoms with Crippen molar-refractivity contribution in [1.82, 2.24) is 10.6 Å². The lowest BCUT2D eigenvalue weighted by Gasteiger charge is -2.22. The first-order valence-electron chi connectivity index (χ1n) is 6.50. The van der Waals surface area contributed by atoms with E-state index in [4.69, 9.17) is 0 Å². The number of benzene rings is 1. The molecule has 0 amide bonds. The quantitative estimate of drug-likeness (QED) is 0.407. The van der Waals surface area contributed by atoms with Crippen LogP contribution in [0.1, 0.15) is 26.3 Å². The molecule has 1 atom stereocenters. The normalized spacial score (nSPS) is 12.8. The van der Waals surface area contributed by atoms with Gasteiger partial charge in [-0.2, -0.15) is 0 Å². The first-order chi connectivity index (χ1) is 8.99. The Morgan fingerprint density at radius 3 is 2.15 bits per heavy atom. The summed E-state index contributed by atoms with van der Waals surface area (Å²) in [6.07, 6.45) is 0. The van der Waals surface area contributed by atoms with E-state index >= 15 is 0 Å². The van der Waals surface area contributed by atoms with Crippen molar-refractivity contribution < 1.29 is 9.50 Å². The van der Waals surface area contributed by atoms with Gasteiger partial charge in [0, 0.05) is 13.1 Å². The van der Waals surface area contributed by atoms with Gasteiger partial charge in [-0.15, -0.1) is 24.0 Å². The molecule has 0 aromatic heterocycles. The Balaban J connectivity index is 0.00000361. The van der Waals surface area contributed by atoms with Crippen molar-refractivity contribution in [1.29, 1.82) is 0 Å². The van der Waals surface area contributed by atoms with Gasteiger partial charge in [0.05, 0.1) is 6.54 Å². The van der Waals surface area contributed by atoms with Gasteiger partial charge in [0.2, 0.25) is 0 Å². The van der Waals surface area contributed by atoms with Gasteiger partial charge in [0.15, 0.2) is 5.96 Å². The molecular weight excluding hydrogens is 372 g/mol. The topological polar surface area (TPSA) is 56.7 Å². The Morgan fingerprint density at radius 1 is 1.20 bits per heavy atom. The summed E-state index contributed by atoms with van der Waals surface area (Å²) in [5.74, 6) is 0.344. The van der Waals surface area contributed by atoms with Gasteiger partial charge >= 0.3 is 0 Å². The number of rotatable bonds is 5. The summed E-state index contributed by atoms with van der Waals surface area (Å²) in [6, 6.07) is 5.82. The summed E-state index contributed by atoms with van der Waals surface area (Å²) in [4.78, 5) is 4.32. The number of nitrogens with zero attached hydrogens (tertiary/aromatic N) is 1. The van der Waals surface area contributed by atoms with Crippen LogP contribution >= 0.6 is 24.0 Å². The molecule has 6 heteroatoms. The van der Waals surface area contributed by atoms with Gasteiger partial charge in [0.25, 0.3) is 0 Å². The van der Waals surface area contributed by atoms with Crippen molar-refractivity contribution in [3.8, 4) is 0 Å². The standard InChI is InChI=1S/C14H22FN3O.HI/c1-4-16-13(17-5-2)18-10-14(3,19)11-6-8-12(15)9-7-11;/h6-9,19H,4-5,10H2,1-3H3,(H2,16,17,18);1H. The molecule has 0 aliphatic heterocycles. The predicted molar refractivity (Wildman–Crippen MR) is 91.0 cm³/mol. The van der Waals surface area contributed by atoms with E-state index in [1.807, 2.05) is 13.8 Å². The average Bonchev–Trinajstić information content (AvgIpc) is 2.37. The molecule has 0 saturated heterocycles. The smallest absolute Gasteiger partial charge is 0.191 e. The molecule has 0 fully saturated rings. The molecule has 0 bridgehead atoms. The molecule has 0 aliphatic rings. The first-order valence-corrected chi connectivity index (χ1v) is 6.50. The van der Waals surface area contributed by atoms with Crippen molar-refractivity contribution >= 4 is 29.9 Å². The lowest BCUT2D eigenvalue weighted by molar-refractivity contribution is 0.0672. The molecule has 0 aliphatic carbocycles. The molecule has 0 spiro atoms. The summed E-state index contributed by atoms with van der Waals surface area (Å²) < 4.78 is 12.9. The maximum Gasteiger partial charge on any atom is 0.191 e. The molecule has 1 unspecified atom stereocenters. The Hall–Kier alpha value is -0.890. The van der Waals surface area contributed by atoms with Gasteiger partial charge in [-0.05, 0) is 38.5 Å². The van der Waals surface area contributed by atoms with Crippen LogP contribution in [0.15, 0.2) is 29.3 Å². The number of hydrogen-bond acceptors (Lipinski definition) is 2. The van der Waals surface area contributed by atoms with E-state index in [1.165, 1.54) is 12.1 Å². The van der Waals surface area contributed by atoms with Crippen molar-refractivity contribution in [3.05, 3.63) is 35.6 Å². The zero-order chi connectivity index (χ0) is 14.3. The Labute approximate surface area is 136 Å². The lowest BCUT2D eigenvalue weighted by Crippen LogP contribution is -2.38. The summed E-state index contributed by atoms with van der Waals surface area (Å²) in [7, 11) is 0. The molecule has 114 valence electrons. The molecule has 0 heterocycles. The maximum absolute atomic E-state index is 12.9. The molecule has 20 heavy (non-hydrogen) atoms. The van der Waals surface area contributed by atoms with E-state index in [0.29, 0.717) is 11.5 Å². The van der Waals surface area contributed by atoms with Crippen LogP contribution in [0.2, 0.25) is 0 Å². The van der Waals surface area contributed by atoms with E-state index in [-0.39, 0.29) is 36.3 Å². The van der Waals surface area contributed by atoms with E-state index in [9.17, 15) is 9.50 Å². The van der Waals surface area contributed by atoms with Crippen molar-refractivity contribution in [3.63, 3.8) is 0 Å². The minimum atomic E-state index is -1.12. The molecule has 4 nitrogen and oxygen atoms in total. The fourth-order valence-electron chi connectivity index (χ4n) is 1.64. The van der Waals surface area contributed by atoms with Crippen LogP contribution in [-0.4, -0.2) is 30.7 Å². The molecule has 3 N–H and O–H groups in total. The number of guanidine groups is 1. The van der Waals surface area contributed by atoms with Crippen LogP contribution in [0.4, 0.5) is 4.39 Å². The van der Waals surface area contributed by atoms with Crippen LogP contribution in [-0.2, 0) is 5.60 Å². The number of hydrogen-bond donors (Lipinski definition) is 3. The average molecular weight is 395 g/mol. The number of aliphatic hydroxyl groups is 1.